The Kier molecular flexibility index (Phi) is 3.80. The van der Waals surface area contributed by atoms with Crippen molar-refractivity contribution in [1.29, 1.82) is 0 Å². The third-order valence-corrected chi connectivity index (χ3v) is 2.19. The second kappa shape index (κ2) is 4.89. The third-order valence-electron chi connectivity index (χ3n) is 1.90. The maximum absolute atomic E-state index is 11.0. The summed E-state index contributed by atoms with van der Waals surface area (Å²) in [5, 5.41) is 9.20. The first-order chi connectivity index (χ1) is 7.07. The normalized spacial score (nSPS) is 11.5. The fourth-order valence-electron chi connectivity index (χ4n) is 1.25. The lowest BCUT2D eigenvalue weighted by Gasteiger charge is -2.06. The van der Waals surface area contributed by atoms with Crippen molar-refractivity contribution in [3.05, 3.63) is 28.8 Å². The summed E-state index contributed by atoms with van der Waals surface area (Å²) < 4.78 is 0. The molecule has 0 fully saturated rings. The molecule has 0 aromatic carbocycles. The average Bonchev–Trinajstić information content (AvgIpc) is 2.15. The zero-order chi connectivity index (χ0) is 11.4. The third kappa shape index (κ3) is 2.53. The van der Waals surface area contributed by atoms with Crippen molar-refractivity contribution in [2.75, 3.05) is 0 Å². The van der Waals surface area contributed by atoms with Crippen molar-refractivity contribution in [3.63, 3.8) is 0 Å². The van der Waals surface area contributed by atoms with Gasteiger partial charge in [-0.05, 0) is 13.3 Å². The van der Waals surface area contributed by atoms with E-state index in [0.717, 1.165) is 0 Å². The number of carbonyl (C=O) groups is 1. The van der Waals surface area contributed by atoms with Gasteiger partial charge in [-0.3, -0.25) is 0 Å². The van der Waals surface area contributed by atoms with Crippen molar-refractivity contribution >= 4 is 23.1 Å². The molecule has 0 aliphatic carbocycles. The summed E-state index contributed by atoms with van der Waals surface area (Å²) in [6.07, 6.45) is 3.53. The molecule has 0 saturated heterocycles. The SMILES string of the molecule is CCC=C(C(=O)O)c1c(C)ncnc1Cl. The average molecular weight is 227 g/mol. The van der Waals surface area contributed by atoms with Crippen LogP contribution in [-0.4, -0.2) is 21.0 Å². The van der Waals surface area contributed by atoms with Gasteiger partial charge in [0.25, 0.3) is 0 Å². The van der Waals surface area contributed by atoms with Crippen molar-refractivity contribution in [2.24, 2.45) is 0 Å². The van der Waals surface area contributed by atoms with Gasteiger partial charge in [-0.1, -0.05) is 24.6 Å². The van der Waals surface area contributed by atoms with Gasteiger partial charge in [0.1, 0.15) is 11.5 Å². The summed E-state index contributed by atoms with van der Waals surface area (Å²) in [6.45, 7) is 3.56. The monoisotopic (exact) mass is 226 g/mol. The van der Waals surface area contributed by atoms with E-state index in [1.54, 1.807) is 13.0 Å². The fraction of sp³-hybridized carbons (Fsp3) is 0.300. The highest BCUT2D eigenvalue weighted by atomic mass is 35.5. The number of hydrogen-bond acceptors (Lipinski definition) is 3. The highest BCUT2D eigenvalue weighted by molar-refractivity contribution is 6.33. The van der Waals surface area contributed by atoms with E-state index in [2.05, 4.69) is 9.97 Å². The predicted octanol–water partition coefficient (Wildman–Crippen LogP) is 2.32. The fourth-order valence-corrected chi connectivity index (χ4v) is 1.53. The van der Waals surface area contributed by atoms with E-state index in [1.807, 2.05) is 6.92 Å². The topological polar surface area (TPSA) is 63.1 Å². The summed E-state index contributed by atoms with van der Waals surface area (Å²) in [6, 6.07) is 0. The molecule has 0 aliphatic heterocycles. The molecule has 80 valence electrons. The molecule has 1 aromatic heterocycles. The molecule has 1 rings (SSSR count). The van der Waals surface area contributed by atoms with Crippen LogP contribution in [0, 0.1) is 6.92 Å². The number of aromatic nitrogens is 2. The van der Waals surface area contributed by atoms with E-state index in [9.17, 15) is 4.79 Å². The zero-order valence-corrected chi connectivity index (χ0v) is 9.25. The molecular formula is C10H11ClN2O2. The summed E-state index contributed by atoms with van der Waals surface area (Å²) in [4.78, 5) is 18.7. The Hall–Kier alpha value is -1.42. The Morgan fingerprint density at radius 3 is 2.73 bits per heavy atom. The molecule has 1 aromatic rings. The maximum Gasteiger partial charge on any atom is 0.336 e. The van der Waals surface area contributed by atoms with Crippen LogP contribution in [0.5, 0.6) is 0 Å². The van der Waals surface area contributed by atoms with Crippen LogP contribution in [0.25, 0.3) is 5.57 Å². The molecule has 0 unspecified atom stereocenters. The van der Waals surface area contributed by atoms with Crippen LogP contribution in [0.3, 0.4) is 0 Å². The molecule has 15 heavy (non-hydrogen) atoms. The van der Waals surface area contributed by atoms with E-state index >= 15 is 0 Å². The highest BCUT2D eigenvalue weighted by Crippen LogP contribution is 2.24. The molecule has 0 atom stereocenters. The Bertz CT molecular complexity index is 396. The van der Waals surface area contributed by atoms with Crippen molar-refractivity contribution < 1.29 is 9.90 Å². The highest BCUT2D eigenvalue weighted by Gasteiger charge is 2.17. The molecule has 1 N–H and O–H groups in total. The van der Waals surface area contributed by atoms with E-state index in [0.29, 0.717) is 17.7 Å². The molecule has 0 amide bonds. The number of rotatable bonds is 3. The number of halogens is 1. The van der Waals surface area contributed by atoms with Crippen LogP contribution in [-0.2, 0) is 4.79 Å². The number of aryl methyl sites for hydroxylation is 1. The predicted molar refractivity (Wildman–Crippen MR) is 57.7 cm³/mol. The summed E-state index contributed by atoms with van der Waals surface area (Å²) in [7, 11) is 0. The van der Waals surface area contributed by atoms with Gasteiger partial charge in [-0.15, -0.1) is 0 Å². The van der Waals surface area contributed by atoms with Crippen LogP contribution in [0.2, 0.25) is 5.15 Å². The van der Waals surface area contributed by atoms with Crippen LogP contribution in [0.4, 0.5) is 0 Å². The van der Waals surface area contributed by atoms with E-state index < -0.39 is 5.97 Å². The largest absolute Gasteiger partial charge is 0.478 e. The van der Waals surface area contributed by atoms with Gasteiger partial charge in [0.2, 0.25) is 0 Å². The molecule has 0 bridgehead atoms. The maximum atomic E-state index is 11.0. The number of carboxylic acid groups (broad SMARTS) is 1. The van der Waals surface area contributed by atoms with Gasteiger partial charge in [-0.25, -0.2) is 14.8 Å². The van der Waals surface area contributed by atoms with Crippen molar-refractivity contribution in [2.45, 2.75) is 20.3 Å². The Labute approximate surface area is 92.6 Å². The molecule has 5 heteroatoms. The minimum Gasteiger partial charge on any atom is -0.478 e. The van der Waals surface area contributed by atoms with Crippen LogP contribution in [0.15, 0.2) is 12.4 Å². The lowest BCUT2D eigenvalue weighted by Crippen LogP contribution is -2.04. The van der Waals surface area contributed by atoms with Gasteiger partial charge in [-0.2, -0.15) is 0 Å². The number of hydrogen-bond donors (Lipinski definition) is 1. The quantitative estimate of drug-likeness (QED) is 0.635. The minimum atomic E-state index is -1.02. The first kappa shape index (κ1) is 11.7. The standard InChI is InChI=1S/C10H11ClN2O2/c1-3-4-7(10(14)15)8-6(2)12-5-13-9(8)11/h4-5H,3H2,1-2H3,(H,14,15). The molecular weight excluding hydrogens is 216 g/mol. The van der Waals surface area contributed by atoms with Crippen molar-refractivity contribution in [1.82, 2.24) is 9.97 Å². The summed E-state index contributed by atoms with van der Waals surface area (Å²) in [5.74, 6) is -1.02. The molecule has 0 saturated carbocycles. The lowest BCUT2D eigenvalue weighted by molar-refractivity contribution is -0.130. The molecule has 0 radical (unpaired) electrons. The van der Waals surface area contributed by atoms with Crippen molar-refractivity contribution in [3.8, 4) is 0 Å². The zero-order valence-electron chi connectivity index (χ0n) is 8.49. The Balaban J connectivity index is 3.35. The minimum absolute atomic E-state index is 0.153. The second-order valence-corrected chi connectivity index (χ2v) is 3.31. The smallest absolute Gasteiger partial charge is 0.336 e. The molecule has 1 heterocycles. The van der Waals surface area contributed by atoms with Gasteiger partial charge in [0.05, 0.1) is 11.3 Å². The summed E-state index contributed by atoms with van der Waals surface area (Å²) >= 11 is 5.85. The first-order valence-corrected chi connectivity index (χ1v) is 4.86. The van der Waals surface area contributed by atoms with Crippen LogP contribution < -0.4 is 0 Å². The van der Waals surface area contributed by atoms with Crippen LogP contribution >= 0.6 is 11.6 Å². The number of nitrogens with zero attached hydrogens (tertiary/aromatic N) is 2. The summed E-state index contributed by atoms with van der Waals surface area (Å²) in [5.41, 5.74) is 1.12. The molecule has 4 nitrogen and oxygen atoms in total. The van der Waals surface area contributed by atoms with E-state index in [1.165, 1.54) is 6.33 Å². The van der Waals surface area contributed by atoms with Gasteiger partial charge in [0, 0.05) is 5.56 Å². The number of aliphatic carboxylic acids is 1. The van der Waals surface area contributed by atoms with E-state index in [-0.39, 0.29) is 10.7 Å². The Morgan fingerprint density at radius 1 is 1.60 bits per heavy atom. The van der Waals surface area contributed by atoms with Gasteiger partial charge in [0.15, 0.2) is 0 Å². The lowest BCUT2D eigenvalue weighted by atomic mass is 10.1. The molecule has 0 spiro atoms. The number of carboxylic acids is 1. The Morgan fingerprint density at radius 2 is 2.27 bits per heavy atom. The van der Waals surface area contributed by atoms with Crippen LogP contribution in [0.1, 0.15) is 24.6 Å². The number of allylic oxidation sites excluding steroid dienone is 1. The van der Waals surface area contributed by atoms with Gasteiger partial charge >= 0.3 is 5.97 Å². The van der Waals surface area contributed by atoms with E-state index in [4.69, 9.17) is 16.7 Å². The van der Waals surface area contributed by atoms with Gasteiger partial charge < -0.3 is 5.11 Å². The second-order valence-electron chi connectivity index (χ2n) is 2.96. The molecule has 0 aliphatic rings. The first-order valence-electron chi connectivity index (χ1n) is 4.48.